The highest BCUT2D eigenvalue weighted by atomic mass is 79.9. The first-order valence-corrected chi connectivity index (χ1v) is 9.71. The number of hydrogen-bond acceptors (Lipinski definition) is 8. The number of anilines is 2. The smallest absolute Gasteiger partial charge is 0.337 e. The van der Waals surface area contributed by atoms with Gasteiger partial charge in [-0.3, -0.25) is 4.68 Å². The van der Waals surface area contributed by atoms with Crippen molar-refractivity contribution >= 4 is 44.7 Å². The van der Waals surface area contributed by atoms with Crippen LogP contribution in [0.2, 0.25) is 0 Å². The zero-order valence-electron chi connectivity index (χ0n) is 15.9. The molecule has 0 radical (unpaired) electrons. The van der Waals surface area contributed by atoms with Gasteiger partial charge in [-0.05, 0) is 34.5 Å². The molecule has 1 aromatic carbocycles. The second-order valence-corrected chi connectivity index (χ2v) is 7.16. The van der Waals surface area contributed by atoms with Crippen molar-refractivity contribution in [3.8, 4) is 0 Å². The molecule has 0 bridgehead atoms. The SMILES string of the molecule is CCCC(N)Nc1nc(N)nc2c(Br)nn(Cc3ccc(C(=O)OC)cc3F)c12. The van der Waals surface area contributed by atoms with Gasteiger partial charge in [0.15, 0.2) is 10.4 Å². The lowest BCUT2D eigenvalue weighted by Gasteiger charge is -2.15. The number of nitrogens with one attached hydrogen (secondary N) is 1. The van der Waals surface area contributed by atoms with Gasteiger partial charge in [0.05, 0.1) is 25.4 Å². The molecule has 154 valence electrons. The summed E-state index contributed by atoms with van der Waals surface area (Å²) in [4.78, 5) is 20.1. The van der Waals surface area contributed by atoms with E-state index in [1.165, 1.54) is 19.2 Å². The van der Waals surface area contributed by atoms with Crippen LogP contribution in [0, 0.1) is 5.82 Å². The average molecular weight is 466 g/mol. The van der Waals surface area contributed by atoms with E-state index in [1.807, 2.05) is 6.92 Å². The van der Waals surface area contributed by atoms with E-state index in [9.17, 15) is 9.18 Å². The topological polar surface area (TPSA) is 134 Å². The molecule has 0 aliphatic rings. The van der Waals surface area contributed by atoms with Gasteiger partial charge in [-0.1, -0.05) is 19.4 Å². The Labute approximate surface area is 174 Å². The van der Waals surface area contributed by atoms with E-state index in [0.717, 1.165) is 18.9 Å². The molecule has 1 unspecified atom stereocenters. The number of hydrogen-bond donors (Lipinski definition) is 3. The number of ether oxygens (including phenoxy) is 1. The van der Waals surface area contributed by atoms with Crippen molar-refractivity contribution in [2.75, 3.05) is 18.2 Å². The van der Waals surface area contributed by atoms with E-state index in [1.54, 1.807) is 4.68 Å². The van der Waals surface area contributed by atoms with Crippen LogP contribution in [0.1, 0.15) is 35.7 Å². The maximum atomic E-state index is 14.6. The monoisotopic (exact) mass is 465 g/mol. The molecule has 0 fully saturated rings. The number of carbonyl (C=O) groups is 1. The Morgan fingerprint density at radius 3 is 2.83 bits per heavy atom. The van der Waals surface area contributed by atoms with E-state index < -0.39 is 11.8 Å². The largest absolute Gasteiger partial charge is 0.465 e. The number of benzene rings is 1. The number of halogens is 2. The second kappa shape index (κ2) is 8.70. The minimum Gasteiger partial charge on any atom is -0.465 e. The summed E-state index contributed by atoms with van der Waals surface area (Å²) in [6.07, 6.45) is 1.28. The molecule has 0 aliphatic carbocycles. The summed E-state index contributed by atoms with van der Waals surface area (Å²) >= 11 is 3.36. The standard InChI is InChI=1S/C18H21BrFN7O2/c1-3-4-12(21)23-16-14-13(24-18(22)25-16)15(19)26-27(14)8-10-6-5-9(7-11(10)20)17(28)29-2/h5-7,12H,3-4,8,21H2,1-2H3,(H3,22,23,24,25). The number of esters is 1. The van der Waals surface area contributed by atoms with Crippen LogP contribution < -0.4 is 16.8 Å². The Morgan fingerprint density at radius 1 is 1.41 bits per heavy atom. The lowest BCUT2D eigenvalue weighted by Crippen LogP contribution is -2.30. The molecule has 1 atom stereocenters. The Morgan fingerprint density at radius 2 is 2.17 bits per heavy atom. The van der Waals surface area contributed by atoms with Gasteiger partial charge in [-0.2, -0.15) is 10.1 Å². The summed E-state index contributed by atoms with van der Waals surface area (Å²) in [5.41, 5.74) is 13.4. The molecule has 0 aliphatic heterocycles. The maximum Gasteiger partial charge on any atom is 0.337 e. The summed E-state index contributed by atoms with van der Waals surface area (Å²) in [7, 11) is 1.24. The highest BCUT2D eigenvalue weighted by Gasteiger charge is 2.19. The second-order valence-electron chi connectivity index (χ2n) is 6.41. The molecule has 0 amide bonds. The van der Waals surface area contributed by atoms with Gasteiger partial charge in [0.2, 0.25) is 5.95 Å². The maximum absolute atomic E-state index is 14.6. The molecule has 9 nitrogen and oxygen atoms in total. The molecule has 5 N–H and O–H groups in total. The lowest BCUT2D eigenvalue weighted by molar-refractivity contribution is 0.0600. The third kappa shape index (κ3) is 4.46. The number of nitrogens with zero attached hydrogens (tertiary/aromatic N) is 4. The first kappa shape index (κ1) is 20.9. The van der Waals surface area contributed by atoms with E-state index in [2.05, 4.69) is 41.1 Å². The molecule has 11 heteroatoms. The normalized spacial score (nSPS) is 12.2. The molecule has 2 heterocycles. The number of rotatable bonds is 7. The van der Waals surface area contributed by atoms with Gasteiger partial charge in [0.25, 0.3) is 0 Å². The van der Waals surface area contributed by atoms with Crippen LogP contribution in [0.5, 0.6) is 0 Å². The van der Waals surface area contributed by atoms with Gasteiger partial charge in [0.1, 0.15) is 16.9 Å². The molecular formula is C18H21BrFN7O2. The van der Waals surface area contributed by atoms with E-state index in [0.29, 0.717) is 27.0 Å². The van der Waals surface area contributed by atoms with Crippen molar-refractivity contribution in [3.05, 3.63) is 39.7 Å². The highest BCUT2D eigenvalue weighted by molar-refractivity contribution is 9.10. The van der Waals surface area contributed by atoms with Crippen LogP contribution >= 0.6 is 15.9 Å². The van der Waals surface area contributed by atoms with Crippen molar-refractivity contribution in [2.45, 2.75) is 32.5 Å². The summed E-state index contributed by atoms with van der Waals surface area (Å²) in [5, 5.41) is 7.51. The van der Waals surface area contributed by atoms with Crippen LogP contribution in [0.4, 0.5) is 16.2 Å². The summed E-state index contributed by atoms with van der Waals surface area (Å²) in [6.45, 7) is 2.10. The third-order valence-corrected chi connectivity index (χ3v) is 4.81. The molecule has 0 saturated heterocycles. The zero-order valence-corrected chi connectivity index (χ0v) is 17.5. The Bertz CT molecular complexity index is 1060. The van der Waals surface area contributed by atoms with Gasteiger partial charge < -0.3 is 21.5 Å². The van der Waals surface area contributed by atoms with Crippen LogP contribution in [-0.4, -0.2) is 39.0 Å². The van der Waals surface area contributed by atoms with Crippen LogP contribution in [0.15, 0.2) is 22.8 Å². The molecule has 29 heavy (non-hydrogen) atoms. The molecule has 2 aromatic heterocycles. The minimum atomic E-state index is -0.608. The van der Waals surface area contributed by atoms with Crippen LogP contribution in [0.25, 0.3) is 11.0 Å². The van der Waals surface area contributed by atoms with E-state index >= 15 is 0 Å². The lowest BCUT2D eigenvalue weighted by atomic mass is 10.1. The van der Waals surface area contributed by atoms with Crippen LogP contribution in [-0.2, 0) is 11.3 Å². The van der Waals surface area contributed by atoms with Crippen molar-refractivity contribution in [1.82, 2.24) is 19.7 Å². The highest BCUT2D eigenvalue weighted by Crippen LogP contribution is 2.29. The van der Waals surface area contributed by atoms with Gasteiger partial charge in [0, 0.05) is 5.56 Å². The summed E-state index contributed by atoms with van der Waals surface area (Å²) in [6, 6.07) is 4.14. The summed E-state index contributed by atoms with van der Waals surface area (Å²) < 4.78 is 21.2. The number of carbonyl (C=O) groups excluding carboxylic acids is 1. The van der Waals surface area contributed by atoms with E-state index in [4.69, 9.17) is 11.5 Å². The zero-order chi connectivity index (χ0) is 21.1. The van der Waals surface area contributed by atoms with Gasteiger partial charge in [-0.25, -0.2) is 14.2 Å². The number of methoxy groups -OCH3 is 1. The van der Waals surface area contributed by atoms with E-state index in [-0.39, 0.29) is 24.2 Å². The third-order valence-electron chi connectivity index (χ3n) is 4.28. The van der Waals surface area contributed by atoms with Crippen molar-refractivity contribution < 1.29 is 13.9 Å². The molecular weight excluding hydrogens is 445 g/mol. The Hall–Kier alpha value is -2.79. The number of nitrogen functional groups attached to an aromatic ring is 1. The summed E-state index contributed by atoms with van der Waals surface area (Å²) in [5.74, 6) is -0.681. The molecule has 3 rings (SSSR count). The fourth-order valence-electron chi connectivity index (χ4n) is 2.92. The van der Waals surface area contributed by atoms with Crippen molar-refractivity contribution in [1.29, 1.82) is 0 Å². The number of aromatic nitrogens is 4. The van der Waals surface area contributed by atoms with Crippen LogP contribution in [0.3, 0.4) is 0 Å². The average Bonchev–Trinajstić information content (AvgIpc) is 2.98. The predicted octanol–water partition coefficient (Wildman–Crippen LogP) is 2.64. The van der Waals surface area contributed by atoms with Gasteiger partial charge in [-0.15, -0.1) is 0 Å². The first-order chi connectivity index (χ1) is 13.8. The Balaban J connectivity index is 2.03. The molecule has 3 aromatic rings. The predicted molar refractivity (Wildman–Crippen MR) is 111 cm³/mol. The quantitative estimate of drug-likeness (QED) is 0.358. The molecule has 0 spiro atoms. The van der Waals surface area contributed by atoms with Crippen molar-refractivity contribution in [2.24, 2.45) is 5.73 Å². The van der Waals surface area contributed by atoms with Gasteiger partial charge >= 0.3 is 5.97 Å². The first-order valence-electron chi connectivity index (χ1n) is 8.92. The number of nitrogens with two attached hydrogens (primary N) is 2. The fraction of sp³-hybridized carbons (Fsp3) is 0.333. The fourth-order valence-corrected chi connectivity index (χ4v) is 3.39. The van der Waals surface area contributed by atoms with Crippen molar-refractivity contribution in [3.63, 3.8) is 0 Å². The Kier molecular flexibility index (Phi) is 6.28. The molecule has 0 saturated carbocycles. The number of fused-ring (bicyclic) bond motifs is 1. The minimum absolute atomic E-state index is 0.0672.